The van der Waals surface area contributed by atoms with Crippen LogP contribution in [-0.4, -0.2) is 114 Å². The summed E-state index contributed by atoms with van der Waals surface area (Å²) in [6, 6.07) is 10.6. The minimum Gasteiger partial charge on any atom is -0.478 e. The summed E-state index contributed by atoms with van der Waals surface area (Å²) in [6.07, 6.45) is 0.563. The summed E-state index contributed by atoms with van der Waals surface area (Å²) in [6.45, 7) is 7.07. The normalized spacial score (nSPS) is 20.5. The van der Waals surface area contributed by atoms with E-state index in [0.29, 0.717) is 55.5 Å². The Kier molecular flexibility index (Phi) is 8.60. The number of hydrogen-bond acceptors (Lipinski definition) is 11. The van der Waals surface area contributed by atoms with Crippen LogP contribution in [0.5, 0.6) is 5.88 Å². The summed E-state index contributed by atoms with van der Waals surface area (Å²) in [7, 11) is 0. The van der Waals surface area contributed by atoms with Crippen molar-refractivity contribution in [1.29, 1.82) is 0 Å². The first-order chi connectivity index (χ1) is 20.2. The number of anilines is 1. The monoisotopic (exact) mass is 569 g/mol. The van der Waals surface area contributed by atoms with Crippen LogP contribution in [0.2, 0.25) is 0 Å². The Morgan fingerprint density at radius 2 is 1.80 bits per heavy atom. The van der Waals surface area contributed by atoms with Crippen LogP contribution in [0, 0.1) is 0 Å². The van der Waals surface area contributed by atoms with Crippen LogP contribution in [0.1, 0.15) is 18.7 Å². The molecule has 1 atom stereocenters. The number of morpholine rings is 2. The van der Waals surface area contributed by atoms with E-state index in [1.165, 1.54) is 4.57 Å². The van der Waals surface area contributed by atoms with E-state index in [2.05, 4.69) is 25.2 Å². The Balaban J connectivity index is 1.21. The molecule has 0 aliphatic carbocycles. The Morgan fingerprint density at radius 1 is 1.02 bits per heavy atom. The highest BCUT2D eigenvalue weighted by Crippen LogP contribution is 2.26. The molecule has 6 rings (SSSR count). The lowest BCUT2D eigenvalue weighted by Gasteiger charge is -2.38. The zero-order valence-corrected chi connectivity index (χ0v) is 22.6. The summed E-state index contributed by atoms with van der Waals surface area (Å²) in [5.41, 5.74) is 1.69. The van der Waals surface area contributed by atoms with Crippen molar-refractivity contribution in [2.24, 2.45) is 9.98 Å². The molecule has 12 nitrogen and oxygen atoms in total. The van der Waals surface area contributed by atoms with Crippen molar-refractivity contribution >= 4 is 29.0 Å². The quantitative estimate of drug-likeness (QED) is 0.390. The molecule has 0 spiro atoms. The average Bonchev–Trinajstić information content (AvgIpc) is 3.41. The van der Waals surface area contributed by atoms with Gasteiger partial charge in [-0.2, -0.15) is 0 Å². The number of nitrogens with one attached hydrogen (secondary N) is 1. The third-order valence-corrected chi connectivity index (χ3v) is 7.04. The highest BCUT2D eigenvalue weighted by Gasteiger charge is 2.31. The molecular formula is C27H33F2N9O3. The van der Waals surface area contributed by atoms with Gasteiger partial charge in [0.2, 0.25) is 18.1 Å². The van der Waals surface area contributed by atoms with E-state index < -0.39 is 12.7 Å². The highest BCUT2D eigenvalue weighted by molar-refractivity contribution is 5.99. The average molecular weight is 570 g/mol. The Hall–Kier alpha value is -3.72. The summed E-state index contributed by atoms with van der Waals surface area (Å²) in [5, 5.41) is 6.94. The summed E-state index contributed by atoms with van der Waals surface area (Å²) < 4.78 is 46.7. The molecule has 2 fully saturated rings. The maximum absolute atomic E-state index is 14.2. The predicted octanol–water partition coefficient (Wildman–Crippen LogP) is 2.66. The molecule has 1 unspecified atom stereocenters. The molecule has 1 N–H and O–H groups in total. The lowest BCUT2D eigenvalue weighted by Crippen LogP contribution is -2.54. The van der Waals surface area contributed by atoms with E-state index in [-0.39, 0.29) is 11.8 Å². The molecule has 0 bridgehead atoms. The van der Waals surface area contributed by atoms with Gasteiger partial charge in [0, 0.05) is 50.7 Å². The predicted molar refractivity (Wildman–Crippen MR) is 149 cm³/mol. The van der Waals surface area contributed by atoms with E-state index in [1.807, 2.05) is 5.01 Å². The minimum absolute atomic E-state index is 0.275. The zero-order valence-electron chi connectivity index (χ0n) is 22.6. The second-order valence-corrected chi connectivity index (χ2v) is 9.76. The largest absolute Gasteiger partial charge is 0.478 e. The van der Waals surface area contributed by atoms with Crippen LogP contribution < -0.4 is 10.1 Å². The molecule has 14 heteroatoms. The molecule has 218 valence electrons. The van der Waals surface area contributed by atoms with Gasteiger partial charge < -0.3 is 19.5 Å². The number of hydrogen-bond donors (Lipinski definition) is 1. The fourth-order valence-electron chi connectivity index (χ4n) is 5.00. The summed E-state index contributed by atoms with van der Waals surface area (Å²) >= 11 is 0. The molecule has 0 amide bonds. The second kappa shape index (κ2) is 12.9. The van der Waals surface area contributed by atoms with Crippen molar-refractivity contribution in [1.82, 2.24) is 29.5 Å². The van der Waals surface area contributed by atoms with Crippen LogP contribution >= 0.6 is 0 Å². The van der Waals surface area contributed by atoms with Crippen LogP contribution in [-0.2, 0) is 9.47 Å². The Labute approximate surface area is 236 Å². The number of halogens is 2. The molecule has 3 aromatic rings. The van der Waals surface area contributed by atoms with E-state index in [4.69, 9.17) is 19.2 Å². The maximum atomic E-state index is 14.2. The summed E-state index contributed by atoms with van der Waals surface area (Å²) in [4.78, 5) is 20.3. The topological polar surface area (TPSA) is 105 Å². The Morgan fingerprint density at radius 3 is 2.61 bits per heavy atom. The number of para-hydroxylation sites is 2. The smallest absolute Gasteiger partial charge is 0.296 e. The van der Waals surface area contributed by atoms with Gasteiger partial charge in [-0.05, 0) is 24.6 Å². The zero-order chi connectivity index (χ0) is 28.0. The highest BCUT2D eigenvalue weighted by atomic mass is 19.3. The van der Waals surface area contributed by atoms with Gasteiger partial charge in [0.05, 0.1) is 44.1 Å². The molecule has 0 radical (unpaired) electrons. The molecule has 2 aromatic heterocycles. The molecule has 1 aromatic carbocycles. The third-order valence-electron chi connectivity index (χ3n) is 7.04. The van der Waals surface area contributed by atoms with Gasteiger partial charge in [0.1, 0.15) is 6.34 Å². The fourth-order valence-corrected chi connectivity index (χ4v) is 5.00. The molecule has 2 saturated heterocycles. The van der Waals surface area contributed by atoms with Crippen LogP contribution in [0.25, 0.3) is 11.0 Å². The number of alkyl halides is 2. The van der Waals surface area contributed by atoms with Crippen molar-refractivity contribution in [2.75, 3.05) is 71.1 Å². The van der Waals surface area contributed by atoms with Gasteiger partial charge in [-0.15, -0.1) is 0 Å². The lowest BCUT2D eigenvalue weighted by atomic mass is 10.3. The second-order valence-electron chi connectivity index (χ2n) is 9.76. The summed E-state index contributed by atoms with van der Waals surface area (Å²) in [5.74, 6) is 0.377. The first-order valence-electron chi connectivity index (χ1n) is 13.8. The third kappa shape index (κ3) is 6.45. The maximum Gasteiger partial charge on any atom is 0.296 e. The van der Waals surface area contributed by atoms with Gasteiger partial charge in [0.25, 0.3) is 6.43 Å². The van der Waals surface area contributed by atoms with Crippen molar-refractivity contribution in [2.45, 2.75) is 19.1 Å². The molecule has 41 heavy (non-hydrogen) atoms. The van der Waals surface area contributed by atoms with Crippen LogP contribution in [0.15, 0.2) is 52.6 Å². The van der Waals surface area contributed by atoms with E-state index >= 15 is 0 Å². The number of fused-ring (bicyclic) bond motifs is 1. The van der Waals surface area contributed by atoms with Gasteiger partial charge in [-0.1, -0.05) is 12.1 Å². The first kappa shape index (κ1) is 27.4. The van der Waals surface area contributed by atoms with Gasteiger partial charge in [0.15, 0.2) is 5.82 Å². The van der Waals surface area contributed by atoms with Crippen molar-refractivity contribution < 1.29 is 23.0 Å². The number of benzene rings is 1. The standard InChI is InChI=1S/C27H33F2N9O3/c28-24(29)25-33-21-4-1-2-5-22(21)38(25)27-34-26(31-19-37(27)36-11-16-40-17-12-36)32-20-6-7-30-23(18-20)41-13-3-8-35-9-14-39-15-10-35/h1-2,4-7,18-19,24,26H,3,8-17H2,(H,30,32). The molecule has 3 aliphatic rings. The number of ether oxygens (including phenoxy) is 3. The van der Waals surface area contributed by atoms with Gasteiger partial charge in [-0.25, -0.2) is 38.8 Å². The number of imidazole rings is 1. The number of pyridine rings is 1. The molecule has 3 aliphatic heterocycles. The number of aromatic nitrogens is 3. The minimum atomic E-state index is -2.80. The molecular weight excluding hydrogens is 536 g/mol. The van der Waals surface area contributed by atoms with Gasteiger partial charge in [-0.3, -0.25) is 9.47 Å². The van der Waals surface area contributed by atoms with Gasteiger partial charge >= 0.3 is 0 Å². The molecule has 0 saturated carbocycles. The van der Waals surface area contributed by atoms with Crippen molar-refractivity contribution in [3.63, 3.8) is 0 Å². The van der Waals surface area contributed by atoms with Crippen LogP contribution in [0.4, 0.5) is 14.5 Å². The lowest BCUT2D eigenvalue weighted by molar-refractivity contribution is -0.0203. The van der Waals surface area contributed by atoms with E-state index in [9.17, 15) is 8.78 Å². The number of aliphatic imine (C=N–C) groups is 2. The SMILES string of the molecule is FC(F)c1nc2ccccc2n1C1=NC(Nc2ccnc(OCCCN3CCOCC3)c2)N=CN1N1CCOCC1. The number of hydrazine groups is 1. The Bertz CT molecular complexity index is 1370. The first-order valence-corrected chi connectivity index (χ1v) is 13.8. The van der Waals surface area contributed by atoms with E-state index in [1.54, 1.807) is 53.9 Å². The van der Waals surface area contributed by atoms with Crippen molar-refractivity contribution in [3.8, 4) is 5.88 Å². The van der Waals surface area contributed by atoms with Crippen molar-refractivity contribution in [3.05, 3.63) is 48.4 Å². The van der Waals surface area contributed by atoms with E-state index in [0.717, 1.165) is 39.3 Å². The van der Waals surface area contributed by atoms with Crippen LogP contribution in [0.3, 0.4) is 0 Å². The molecule has 5 heterocycles. The fraction of sp³-hybridized carbons (Fsp3) is 0.481. The number of nitrogens with zero attached hydrogens (tertiary/aromatic N) is 8. The number of rotatable bonds is 9.